The van der Waals surface area contributed by atoms with Crippen molar-refractivity contribution in [2.24, 2.45) is 5.73 Å². The first-order valence-corrected chi connectivity index (χ1v) is 4.50. The molecule has 0 aliphatic carbocycles. The van der Waals surface area contributed by atoms with Crippen LogP contribution in [0.1, 0.15) is 24.6 Å². The van der Waals surface area contributed by atoms with Gasteiger partial charge in [0.05, 0.1) is 5.69 Å². The van der Waals surface area contributed by atoms with Gasteiger partial charge in [-0.3, -0.25) is 4.98 Å². The van der Waals surface area contributed by atoms with Gasteiger partial charge in [0.25, 0.3) is 0 Å². The van der Waals surface area contributed by atoms with Crippen LogP contribution in [-0.2, 0) is 4.74 Å². The van der Waals surface area contributed by atoms with Gasteiger partial charge < -0.3 is 10.5 Å². The summed E-state index contributed by atoms with van der Waals surface area (Å²) >= 11 is 0. The van der Waals surface area contributed by atoms with Crippen molar-refractivity contribution in [3.05, 3.63) is 30.1 Å². The highest BCUT2D eigenvalue weighted by molar-refractivity contribution is 5.07. The second kappa shape index (κ2) is 5.67. The van der Waals surface area contributed by atoms with E-state index in [4.69, 9.17) is 10.5 Å². The van der Waals surface area contributed by atoms with Gasteiger partial charge in [-0.1, -0.05) is 6.07 Å². The van der Waals surface area contributed by atoms with Crippen molar-refractivity contribution in [2.75, 3.05) is 13.7 Å². The van der Waals surface area contributed by atoms with Crippen molar-refractivity contribution in [3.63, 3.8) is 0 Å². The number of rotatable bonds is 5. The number of nitrogens with zero attached hydrogens (tertiary/aromatic N) is 1. The van der Waals surface area contributed by atoms with Crippen molar-refractivity contribution >= 4 is 0 Å². The normalized spacial score (nSPS) is 12.8. The summed E-state index contributed by atoms with van der Waals surface area (Å²) in [5.41, 5.74) is 6.87. The topological polar surface area (TPSA) is 48.1 Å². The van der Waals surface area contributed by atoms with Gasteiger partial charge in [-0.15, -0.1) is 0 Å². The molecule has 1 aromatic heterocycles. The molecule has 0 fully saturated rings. The zero-order chi connectivity index (χ0) is 9.52. The van der Waals surface area contributed by atoms with Gasteiger partial charge in [0.15, 0.2) is 0 Å². The van der Waals surface area contributed by atoms with Crippen molar-refractivity contribution in [3.8, 4) is 0 Å². The summed E-state index contributed by atoms with van der Waals surface area (Å²) in [5, 5.41) is 0. The average Bonchev–Trinajstić information content (AvgIpc) is 2.19. The summed E-state index contributed by atoms with van der Waals surface area (Å²) in [6, 6.07) is 5.85. The van der Waals surface area contributed by atoms with Gasteiger partial charge in [0.1, 0.15) is 0 Å². The Bertz CT molecular complexity index is 226. The number of hydrogen-bond donors (Lipinski definition) is 1. The Hall–Kier alpha value is -0.930. The lowest BCUT2D eigenvalue weighted by atomic mass is 10.1. The van der Waals surface area contributed by atoms with Crippen LogP contribution in [0.15, 0.2) is 24.4 Å². The van der Waals surface area contributed by atoms with Gasteiger partial charge in [0, 0.05) is 26.0 Å². The molecule has 0 radical (unpaired) electrons. The molecular formula is C10H16N2O. The first kappa shape index (κ1) is 10.2. The zero-order valence-electron chi connectivity index (χ0n) is 7.94. The van der Waals surface area contributed by atoms with E-state index >= 15 is 0 Å². The molecule has 1 atom stereocenters. The molecule has 0 bridgehead atoms. The monoisotopic (exact) mass is 180 g/mol. The molecule has 0 amide bonds. The number of hydrogen-bond acceptors (Lipinski definition) is 3. The molecule has 3 heteroatoms. The Kier molecular flexibility index (Phi) is 4.43. The van der Waals surface area contributed by atoms with Crippen LogP contribution in [0.3, 0.4) is 0 Å². The van der Waals surface area contributed by atoms with Gasteiger partial charge in [-0.25, -0.2) is 0 Å². The highest BCUT2D eigenvalue weighted by atomic mass is 16.5. The van der Waals surface area contributed by atoms with Crippen molar-refractivity contribution < 1.29 is 4.74 Å². The van der Waals surface area contributed by atoms with Crippen LogP contribution in [0.2, 0.25) is 0 Å². The second-order valence-corrected chi connectivity index (χ2v) is 3.00. The third-order valence-electron chi connectivity index (χ3n) is 1.93. The lowest BCUT2D eigenvalue weighted by Crippen LogP contribution is -2.12. The molecule has 0 spiro atoms. The number of pyridine rings is 1. The van der Waals surface area contributed by atoms with E-state index in [0.29, 0.717) is 0 Å². The fraction of sp³-hybridized carbons (Fsp3) is 0.500. The fourth-order valence-electron chi connectivity index (χ4n) is 1.19. The summed E-state index contributed by atoms with van der Waals surface area (Å²) in [6.45, 7) is 0.764. The Morgan fingerprint density at radius 1 is 1.54 bits per heavy atom. The van der Waals surface area contributed by atoms with E-state index in [1.165, 1.54) is 0 Å². The Morgan fingerprint density at radius 3 is 3.00 bits per heavy atom. The highest BCUT2D eigenvalue weighted by Crippen LogP contribution is 2.11. The molecule has 13 heavy (non-hydrogen) atoms. The fourth-order valence-corrected chi connectivity index (χ4v) is 1.19. The van der Waals surface area contributed by atoms with Crippen LogP contribution in [0.25, 0.3) is 0 Å². The minimum absolute atomic E-state index is 0.0383. The van der Waals surface area contributed by atoms with Crippen molar-refractivity contribution in [1.29, 1.82) is 0 Å². The summed E-state index contributed by atoms with van der Waals surface area (Å²) in [6.07, 6.45) is 3.67. The quantitative estimate of drug-likeness (QED) is 0.699. The molecule has 0 aliphatic heterocycles. The minimum atomic E-state index is 0.0383. The summed E-state index contributed by atoms with van der Waals surface area (Å²) < 4.78 is 4.95. The van der Waals surface area contributed by atoms with E-state index in [1.807, 2.05) is 18.2 Å². The van der Waals surface area contributed by atoms with E-state index in [-0.39, 0.29) is 6.04 Å². The predicted octanol–water partition coefficient (Wildman–Crippen LogP) is 1.51. The molecule has 72 valence electrons. The van der Waals surface area contributed by atoms with E-state index in [2.05, 4.69) is 4.98 Å². The number of nitrogens with two attached hydrogens (primary N) is 1. The largest absolute Gasteiger partial charge is 0.385 e. The van der Waals surface area contributed by atoms with Crippen LogP contribution in [0.5, 0.6) is 0 Å². The van der Waals surface area contributed by atoms with Crippen LogP contribution < -0.4 is 5.73 Å². The Labute approximate surface area is 78.9 Å². The molecule has 1 heterocycles. The molecule has 0 saturated carbocycles. The SMILES string of the molecule is COCCCC(N)c1ccccn1. The first-order chi connectivity index (χ1) is 6.34. The smallest absolute Gasteiger partial charge is 0.0570 e. The predicted molar refractivity (Wildman–Crippen MR) is 52.3 cm³/mol. The maximum absolute atomic E-state index is 5.92. The molecule has 1 aromatic rings. The van der Waals surface area contributed by atoms with E-state index in [9.17, 15) is 0 Å². The zero-order valence-corrected chi connectivity index (χ0v) is 7.94. The summed E-state index contributed by atoms with van der Waals surface area (Å²) in [5.74, 6) is 0. The number of ether oxygens (including phenoxy) is 1. The van der Waals surface area contributed by atoms with Crippen molar-refractivity contribution in [1.82, 2.24) is 4.98 Å². The molecule has 3 nitrogen and oxygen atoms in total. The van der Waals surface area contributed by atoms with Crippen LogP contribution in [0, 0.1) is 0 Å². The van der Waals surface area contributed by atoms with Gasteiger partial charge in [-0.2, -0.15) is 0 Å². The molecule has 2 N–H and O–H groups in total. The summed E-state index contributed by atoms with van der Waals surface area (Å²) in [7, 11) is 1.70. The average molecular weight is 180 g/mol. The van der Waals surface area contributed by atoms with E-state index < -0.39 is 0 Å². The Morgan fingerprint density at radius 2 is 2.38 bits per heavy atom. The van der Waals surface area contributed by atoms with Crippen LogP contribution >= 0.6 is 0 Å². The lowest BCUT2D eigenvalue weighted by Gasteiger charge is -2.09. The second-order valence-electron chi connectivity index (χ2n) is 3.00. The van der Waals surface area contributed by atoms with Crippen LogP contribution in [0.4, 0.5) is 0 Å². The standard InChI is InChI=1S/C10H16N2O/c1-13-8-4-5-9(11)10-6-2-3-7-12-10/h2-3,6-7,9H,4-5,8,11H2,1H3. The van der Waals surface area contributed by atoms with Gasteiger partial charge in [-0.05, 0) is 25.0 Å². The highest BCUT2D eigenvalue weighted by Gasteiger charge is 2.05. The molecule has 0 saturated heterocycles. The molecule has 0 aliphatic rings. The molecular weight excluding hydrogens is 164 g/mol. The third-order valence-corrected chi connectivity index (χ3v) is 1.93. The van der Waals surface area contributed by atoms with Gasteiger partial charge >= 0.3 is 0 Å². The number of methoxy groups -OCH3 is 1. The number of aromatic nitrogens is 1. The minimum Gasteiger partial charge on any atom is -0.385 e. The first-order valence-electron chi connectivity index (χ1n) is 4.50. The van der Waals surface area contributed by atoms with Crippen molar-refractivity contribution in [2.45, 2.75) is 18.9 Å². The van der Waals surface area contributed by atoms with Gasteiger partial charge in [0.2, 0.25) is 0 Å². The maximum atomic E-state index is 5.92. The molecule has 0 aromatic carbocycles. The summed E-state index contributed by atoms with van der Waals surface area (Å²) in [4.78, 5) is 4.19. The van der Waals surface area contributed by atoms with E-state index in [0.717, 1.165) is 25.1 Å². The third kappa shape index (κ3) is 3.53. The van der Waals surface area contributed by atoms with E-state index in [1.54, 1.807) is 13.3 Å². The Balaban J connectivity index is 2.35. The molecule has 1 rings (SSSR count). The maximum Gasteiger partial charge on any atom is 0.0570 e. The lowest BCUT2D eigenvalue weighted by molar-refractivity contribution is 0.190. The van der Waals surface area contributed by atoms with Crippen LogP contribution in [-0.4, -0.2) is 18.7 Å². The molecule has 1 unspecified atom stereocenters.